The normalized spacial score (nSPS) is 13.6. The van der Waals surface area contributed by atoms with Gasteiger partial charge in [-0.15, -0.1) is 0 Å². The van der Waals surface area contributed by atoms with E-state index in [-0.39, 0.29) is 23.1 Å². The molecule has 0 unspecified atom stereocenters. The van der Waals surface area contributed by atoms with E-state index < -0.39 is 5.97 Å². The summed E-state index contributed by atoms with van der Waals surface area (Å²) in [6.07, 6.45) is 1.60. The van der Waals surface area contributed by atoms with Crippen LogP contribution in [0.4, 0.5) is 0 Å². The third-order valence-electron chi connectivity index (χ3n) is 5.26. The summed E-state index contributed by atoms with van der Waals surface area (Å²) in [7, 11) is 3.09. The summed E-state index contributed by atoms with van der Waals surface area (Å²) < 4.78 is 28.3. The van der Waals surface area contributed by atoms with Crippen molar-refractivity contribution in [2.75, 3.05) is 14.2 Å². The number of Topliss-reactive ketones (excluding diaryl/α,β-unsaturated/α-hetero) is 1. The molecule has 4 aromatic rings. The average Bonchev–Trinajstić information content (AvgIpc) is 3.39. The van der Waals surface area contributed by atoms with Gasteiger partial charge in [0.25, 0.3) is 0 Å². The second kappa shape index (κ2) is 8.72. The van der Waals surface area contributed by atoms with Gasteiger partial charge in [0.2, 0.25) is 11.5 Å². The fourth-order valence-electron chi connectivity index (χ4n) is 3.58. The molecule has 1 aliphatic heterocycles. The second-order valence-corrected chi connectivity index (χ2v) is 8.30. The van der Waals surface area contributed by atoms with E-state index in [4.69, 9.17) is 23.4 Å². The van der Waals surface area contributed by atoms with Gasteiger partial charge >= 0.3 is 5.97 Å². The first-order valence-electron chi connectivity index (χ1n) is 10.2. The van der Waals surface area contributed by atoms with E-state index in [1.54, 1.807) is 49.6 Å². The molecule has 0 aliphatic carbocycles. The lowest BCUT2D eigenvalue weighted by atomic mass is 10.1. The van der Waals surface area contributed by atoms with Crippen LogP contribution in [-0.4, -0.2) is 26.0 Å². The van der Waals surface area contributed by atoms with Gasteiger partial charge in [-0.1, -0.05) is 15.9 Å². The molecule has 170 valence electrons. The van der Waals surface area contributed by atoms with Crippen molar-refractivity contribution in [1.29, 1.82) is 0 Å². The first-order valence-corrected chi connectivity index (χ1v) is 11.0. The van der Waals surface area contributed by atoms with E-state index in [0.29, 0.717) is 34.0 Å². The maximum absolute atomic E-state index is 12.8. The molecule has 0 fully saturated rings. The Labute approximate surface area is 202 Å². The molecule has 0 spiro atoms. The lowest BCUT2D eigenvalue weighted by Gasteiger charge is -2.08. The van der Waals surface area contributed by atoms with Crippen molar-refractivity contribution in [3.8, 4) is 23.0 Å². The monoisotopic (exact) mass is 520 g/mol. The van der Waals surface area contributed by atoms with Crippen LogP contribution in [0.3, 0.4) is 0 Å². The SMILES string of the molecule is COc1ccc(/C=C2\Oc3cc(OC(=O)c4cc5cc(Br)ccc5o4)ccc3C2=O)c(OC)c1. The van der Waals surface area contributed by atoms with E-state index in [2.05, 4.69) is 15.9 Å². The third kappa shape index (κ3) is 4.04. The zero-order valence-electron chi connectivity index (χ0n) is 18.1. The molecule has 5 rings (SSSR count). The smallest absolute Gasteiger partial charge is 0.379 e. The van der Waals surface area contributed by atoms with Crippen molar-refractivity contribution >= 4 is 44.7 Å². The van der Waals surface area contributed by atoms with Crippen LogP contribution in [0.5, 0.6) is 23.0 Å². The van der Waals surface area contributed by atoms with Gasteiger partial charge in [0, 0.05) is 27.6 Å². The van der Waals surface area contributed by atoms with Crippen LogP contribution < -0.4 is 18.9 Å². The Hall–Kier alpha value is -4.04. The summed E-state index contributed by atoms with van der Waals surface area (Å²) in [5.74, 6) is 0.937. The molecule has 8 heteroatoms. The molecule has 0 saturated heterocycles. The second-order valence-electron chi connectivity index (χ2n) is 7.39. The number of allylic oxidation sites excluding steroid dienone is 1. The van der Waals surface area contributed by atoms with E-state index in [9.17, 15) is 9.59 Å². The van der Waals surface area contributed by atoms with Crippen LogP contribution >= 0.6 is 15.9 Å². The number of rotatable bonds is 5. The zero-order valence-corrected chi connectivity index (χ0v) is 19.7. The van der Waals surface area contributed by atoms with Crippen LogP contribution in [0.1, 0.15) is 26.5 Å². The number of ether oxygens (including phenoxy) is 4. The van der Waals surface area contributed by atoms with Crippen molar-refractivity contribution in [1.82, 2.24) is 0 Å². The fourth-order valence-corrected chi connectivity index (χ4v) is 3.96. The van der Waals surface area contributed by atoms with Gasteiger partial charge < -0.3 is 23.4 Å². The van der Waals surface area contributed by atoms with Crippen LogP contribution in [0, 0.1) is 0 Å². The summed E-state index contributed by atoms with van der Waals surface area (Å²) in [6, 6.07) is 16.9. The van der Waals surface area contributed by atoms with E-state index in [1.807, 2.05) is 12.1 Å². The molecule has 1 aromatic heterocycles. The van der Waals surface area contributed by atoms with Crippen molar-refractivity contribution in [3.05, 3.63) is 87.8 Å². The van der Waals surface area contributed by atoms with Crippen molar-refractivity contribution in [2.24, 2.45) is 0 Å². The summed E-state index contributed by atoms with van der Waals surface area (Å²) in [4.78, 5) is 25.4. The van der Waals surface area contributed by atoms with Crippen LogP contribution in [0.15, 0.2) is 75.3 Å². The molecule has 0 N–H and O–H groups in total. The number of halogens is 1. The number of furan rings is 1. The van der Waals surface area contributed by atoms with Crippen molar-refractivity contribution in [2.45, 2.75) is 0 Å². The molecule has 0 atom stereocenters. The first kappa shape index (κ1) is 21.8. The number of carbonyl (C=O) groups is 2. The summed E-state index contributed by atoms with van der Waals surface area (Å²) in [5.41, 5.74) is 1.59. The van der Waals surface area contributed by atoms with Gasteiger partial charge in [-0.25, -0.2) is 4.79 Å². The van der Waals surface area contributed by atoms with E-state index >= 15 is 0 Å². The van der Waals surface area contributed by atoms with Crippen LogP contribution in [0.2, 0.25) is 0 Å². The van der Waals surface area contributed by atoms with Crippen LogP contribution in [-0.2, 0) is 0 Å². The highest BCUT2D eigenvalue weighted by molar-refractivity contribution is 9.10. The number of esters is 1. The molecule has 2 heterocycles. The van der Waals surface area contributed by atoms with Gasteiger partial charge in [0.15, 0.2) is 5.76 Å². The summed E-state index contributed by atoms with van der Waals surface area (Å²) >= 11 is 3.39. The molecule has 0 radical (unpaired) electrons. The molecule has 7 nitrogen and oxygen atoms in total. The quantitative estimate of drug-likeness (QED) is 0.180. The molecule has 34 heavy (non-hydrogen) atoms. The Bertz CT molecular complexity index is 1480. The van der Waals surface area contributed by atoms with Gasteiger partial charge in [0.1, 0.15) is 28.6 Å². The molecule has 0 bridgehead atoms. The van der Waals surface area contributed by atoms with Gasteiger partial charge in [0.05, 0.1) is 19.8 Å². The Morgan fingerprint density at radius 1 is 0.941 bits per heavy atom. The number of ketones is 1. The topological polar surface area (TPSA) is 84.2 Å². The fraction of sp³-hybridized carbons (Fsp3) is 0.0769. The lowest BCUT2D eigenvalue weighted by molar-refractivity contribution is 0.0703. The minimum absolute atomic E-state index is 0.0674. The highest BCUT2D eigenvalue weighted by Gasteiger charge is 2.28. The molecular weight excluding hydrogens is 504 g/mol. The molecule has 3 aromatic carbocycles. The van der Waals surface area contributed by atoms with Crippen molar-refractivity contribution < 1.29 is 33.0 Å². The third-order valence-corrected chi connectivity index (χ3v) is 5.75. The Morgan fingerprint density at radius 3 is 2.56 bits per heavy atom. The molecular formula is C26H17BrO7. The number of fused-ring (bicyclic) bond motifs is 2. The van der Waals surface area contributed by atoms with Gasteiger partial charge in [-0.3, -0.25) is 4.79 Å². The maximum atomic E-state index is 12.8. The van der Waals surface area contributed by atoms with E-state index in [1.165, 1.54) is 19.2 Å². The number of methoxy groups -OCH3 is 2. The summed E-state index contributed by atoms with van der Waals surface area (Å²) in [6.45, 7) is 0. The number of hydrogen-bond acceptors (Lipinski definition) is 7. The number of carbonyl (C=O) groups excluding carboxylic acids is 2. The number of benzene rings is 3. The lowest BCUT2D eigenvalue weighted by Crippen LogP contribution is -2.07. The minimum atomic E-state index is -0.657. The standard InChI is InChI=1S/C26H17BrO7/c1-30-17-5-3-14(21(12-17)31-2)10-23-25(28)19-7-6-18(13-22(19)34-23)32-26(29)24-11-15-9-16(27)4-8-20(15)33-24/h3-13H,1-2H3/b23-10-. The largest absolute Gasteiger partial charge is 0.497 e. The maximum Gasteiger partial charge on any atom is 0.379 e. The van der Waals surface area contributed by atoms with E-state index in [0.717, 1.165) is 9.86 Å². The minimum Gasteiger partial charge on any atom is -0.497 e. The molecule has 1 aliphatic rings. The Kier molecular flexibility index (Phi) is 5.59. The molecule has 0 amide bonds. The highest BCUT2D eigenvalue weighted by atomic mass is 79.9. The number of hydrogen-bond donors (Lipinski definition) is 0. The Morgan fingerprint density at radius 2 is 1.76 bits per heavy atom. The predicted octanol–water partition coefficient (Wildman–Crippen LogP) is 6.05. The van der Waals surface area contributed by atoms with Crippen molar-refractivity contribution in [3.63, 3.8) is 0 Å². The Balaban J connectivity index is 1.37. The summed E-state index contributed by atoms with van der Waals surface area (Å²) in [5, 5.41) is 0.771. The first-order chi connectivity index (χ1) is 16.4. The highest BCUT2D eigenvalue weighted by Crippen LogP contribution is 2.36. The zero-order chi connectivity index (χ0) is 23.8. The van der Waals surface area contributed by atoms with Gasteiger partial charge in [-0.2, -0.15) is 0 Å². The molecule has 0 saturated carbocycles. The van der Waals surface area contributed by atoms with Gasteiger partial charge in [-0.05, 0) is 54.6 Å². The van der Waals surface area contributed by atoms with Crippen LogP contribution in [0.25, 0.3) is 17.0 Å². The average molecular weight is 521 g/mol. The predicted molar refractivity (Wildman–Crippen MR) is 128 cm³/mol.